The van der Waals surface area contributed by atoms with Gasteiger partial charge in [-0.25, -0.2) is 0 Å². The van der Waals surface area contributed by atoms with E-state index in [0.29, 0.717) is 0 Å². The smallest absolute Gasteiger partial charge is 0.108 e. The van der Waals surface area contributed by atoms with Crippen molar-refractivity contribution in [1.82, 2.24) is 0 Å². The lowest BCUT2D eigenvalue weighted by Crippen LogP contribution is -2.20. The summed E-state index contributed by atoms with van der Waals surface area (Å²) in [6.45, 7) is 12.5. The van der Waals surface area contributed by atoms with Crippen LogP contribution in [0, 0.1) is 0 Å². The van der Waals surface area contributed by atoms with E-state index in [4.69, 9.17) is 0 Å². The van der Waals surface area contributed by atoms with Crippen molar-refractivity contribution in [2.75, 3.05) is 6.54 Å². The summed E-state index contributed by atoms with van der Waals surface area (Å²) in [4.78, 5) is 4.27. The molecule has 0 saturated heterocycles. The van der Waals surface area contributed by atoms with Crippen LogP contribution in [0.1, 0.15) is 26.7 Å². The topological polar surface area (TPSA) is 12.4 Å². The SMILES string of the molecule is CC=NCCC(CC)S[Si](C)(C)C. The molecule has 0 aliphatic heterocycles. The standard InChI is InChI=1S/C10H23NSSi/c1-6-10(8-9-11-7-2)12-13(3,4)5/h7,10H,6,8-9H2,1-5H3. The Morgan fingerprint density at radius 3 is 2.38 bits per heavy atom. The minimum absolute atomic E-state index is 0.829. The molecule has 1 nitrogen and oxygen atoms in total. The Balaban J connectivity index is 3.76. The lowest BCUT2D eigenvalue weighted by atomic mass is 10.2. The highest BCUT2D eigenvalue weighted by Crippen LogP contribution is 2.28. The Bertz CT molecular complexity index is 151. The number of hydrogen-bond donors (Lipinski definition) is 0. The summed E-state index contributed by atoms with van der Waals surface area (Å²) >= 11 is 2.22. The highest BCUT2D eigenvalue weighted by atomic mass is 32.4. The number of hydrogen-bond acceptors (Lipinski definition) is 2. The summed E-state index contributed by atoms with van der Waals surface area (Å²) in [5.41, 5.74) is 0. The van der Waals surface area contributed by atoms with Crippen LogP contribution in [-0.2, 0) is 0 Å². The van der Waals surface area contributed by atoms with E-state index < -0.39 is 7.22 Å². The monoisotopic (exact) mass is 217 g/mol. The molecule has 0 saturated carbocycles. The van der Waals surface area contributed by atoms with Crippen LogP contribution in [0.2, 0.25) is 19.6 Å². The van der Waals surface area contributed by atoms with Crippen LogP contribution in [0.15, 0.2) is 4.99 Å². The molecule has 78 valence electrons. The Labute approximate surface area is 88.1 Å². The van der Waals surface area contributed by atoms with Gasteiger partial charge < -0.3 is 0 Å². The Morgan fingerprint density at radius 2 is 2.00 bits per heavy atom. The Kier molecular flexibility index (Phi) is 6.78. The van der Waals surface area contributed by atoms with E-state index in [1.165, 1.54) is 12.8 Å². The molecule has 1 unspecified atom stereocenters. The molecule has 0 rings (SSSR count). The largest absolute Gasteiger partial charge is 0.298 e. The maximum Gasteiger partial charge on any atom is 0.108 e. The van der Waals surface area contributed by atoms with Gasteiger partial charge in [-0.3, -0.25) is 4.99 Å². The van der Waals surface area contributed by atoms with Gasteiger partial charge in [0.15, 0.2) is 0 Å². The normalized spacial score (nSPS) is 15.2. The molecule has 13 heavy (non-hydrogen) atoms. The van der Waals surface area contributed by atoms with E-state index in [-0.39, 0.29) is 0 Å². The van der Waals surface area contributed by atoms with Gasteiger partial charge in [0.05, 0.1) is 0 Å². The second-order valence-electron chi connectivity index (χ2n) is 4.21. The fraction of sp³-hybridized carbons (Fsp3) is 0.900. The first kappa shape index (κ1) is 13.2. The summed E-state index contributed by atoms with van der Waals surface area (Å²) < 4.78 is 0. The van der Waals surface area contributed by atoms with Crippen LogP contribution in [0.4, 0.5) is 0 Å². The van der Waals surface area contributed by atoms with Crippen LogP contribution in [0.25, 0.3) is 0 Å². The lowest BCUT2D eigenvalue weighted by Gasteiger charge is -2.22. The van der Waals surface area contributed by atoms with E-state index >= 15 is 0 Å². The first-order chi connectivity index (χ1) is 5.99. The Morgan fingerprint density at radius 1 is 1.38 bits per heavy atom. The molecule has 0 aliphatic carbocycles. The Hall–Kier alpha value is 0.237. The predicted molar refractivity (Wildman–Crippen MR) is 68.7 cm³/mol. The first-order valence-electron chi connectivity index (χ1n) is 5.12. The number of aliphatic imine (C=N–C) groups is 1. The molecule has 0 aromatic heterocycles. The van der Waals surface area contributed by atoms with E-state index in [1.807, 2.05) is 13.1 Å². The molecule has 0 aromatic rings. The molecule has 1 atom stereocenters. The van der Waals surface area contributed by atoms with Crippen LogP contribution >= 0.6 is 11.2 Å². The zero-order valence-electron chi connectivity index (χ0n) is 9.63. The van der Waals surface area contributed by atoms with Crippen molar-refractivity contribution >= 4 is 24.6 Å². The maximum atomic E-state index is 4.27. The van der Waals surface area contributed by atoms with Crippen LogP contribution in [0.3, 0.4) is 0 Å². The third-order valence-corrected chi connectivity index (χ3v) is 6.47. The van der Waals surface area contributed by atoms with E-state index in [9.17, 15) is 0 Å². The molecular formula is C10H23NSSi. The van der Waals surface area contributed by atoms with Crippen molar-refractivity contribution in [2.45, 2.75) is 51.6 Å². The van der Waals surface area contributed by atoms with Gasteiger partial charge >= 0.3 is 0 Å². The molecular weight excluding hydrogens is 194 g/mol. The molecule has 0 N–H and O–H groups in total. The number of nitrogens with zero attached hydrogens (tertiary/aromatic N) is 1. The van der Waals surface area contributed by atoms with Gasteiger partial charge in [0.1, 0.15) is 7.22 Å². The average Bonchev–Trinajstić information content (AvgIpc) is 2.01. The van der Waals surface area contributed by atoms with E-state index in [0.717, 1.165) is 11.8 Å². The predicted octanol–water partition coefficient (Wildman–Crippen LogP) is 3.81. The molecule has 0 spiro atoms. The minimum Gasteiger partial charge on any atom is -0.298 e. The minimum atomic E-state index is -0.937. The molecule has 3 heteroatoms. The van der Waals surface area contributed by atoms with Crippen LogP contribution < -0.4 is 0 Å². The van der Waals surface area contributed by atoms with Crippen LogP contribution in [0.5, 0.6) is 0 Å². The summed E-state index contributed by atoms with van der Waals surface area (Å²) in [6, 6.07) is 0. The fourth-order valence-electron chi connectivity index (χ4n) is 1.19. The summed E-state index contributed by atoms with van der Waals surface area (Å²) in [7, 11) is -0.937. The van der Waals surface area contributed by atoms with Crippen molar-refractivity contribution in [3.05, 3.63) is 0 Å². The van der Waals surface area contributed by atoms with Gasteiger partial charge in [0, 0.05) is 11.8 Å². The highest BCUT2D eigenvalue weighted by molar-refractivity contribution is 8.29. The zero-order chi connectivity index (χ0) is 10.3. The van der Waals surface area contributed by atoms with Crippen molar-refractivity contribution < 1.29 is 0 Å². The third kappa shape index (κ3) is 8.56. The highest BCUT2D eigenvalue weighted by Gasteiger charge is 2.19. The molecule has 0 radical (unpaired) electrons. The zero-order valence-corrected chi connectivity index (χ0v) is 11.4. The van der Waals surface area contributed by atoms with Crippen LogP contribution in [-0.4, -0.2) is 25.2 Å². The van der Waals surface area contributed by atoms with Crippen molar-refractivity contribution in [3.8, 4) is 0 Å². The summed E-state index contributed by atoms with van der Waals surface area (Å²) in [5, 5.41) is 0.829. The molecule has 0 amide bonds. The maximum absolute atomic E-state index is 4.27. The lowest BCUT2D eigenvalue weighted by molar-refractivity contribution is 0.750. The van der Waals surface area contributed by atoms with Gasteiger partial charge in [-0.05, 0) is 26.0 Å². The average molecular weight is 217 g/mol. The molecule has 0 bridgehead atoms. The molecule has 0 fully saturated rings. The van der Waals surface area contributed by atoms with Gasteiger partial charge in [-0.1, -0.05) is 26.6 Å². The fourth-order valence-corrected chi connectivity index (χ4v) is 6.44. The second-order valence-corrected chi connectivity index (χ2v) is 13.7. The van der Waals surface area contributed by atoms with Crippen molar-refractivity contribution in [2.24, 2.45) is 4.99 Å². The molecule has 0 aliphatic rings. The first-order valence-corrected chi connectivity index (χ1v) is 10.2. The van der Waals surface area contributed by atoms with Gasteiger partial charge in [-0.2, -0.15) is 11.2 Å². The van der Waals surface area contributed by atoms with Gasteiger partial charge in [0.25, 0.3) is 0 Å². The third-order valence-electron chi connectivity index (χ3n) is 1.74. The van der Waals surface area contributed by atoms with Gasteiger partial charge in [-0.15, -0.1) is 0 Å². The van der Waals surface area contributed by atoms with E-state index in [2.05, 4.69) is 42.8 Å². The number of rotatable bonds is 6. The van der Waals surface area contributed by atoms with E-state index in [1.54, 1.807) is 0 Å². The summed E-state index contributed by atoms with van der Waals surface area (Å²) in [6.07, 6.45) is 4.44. The second kappa shape index (κ2) is 6.66. The molecule has 0 heterocycles. The summed E-state index contributed by atoms with van der Waals surface area (Å²) in [5.74, 6) is 0. The quantitative estimate of drug-likeness (QED) is 0.487. The molecule has 0 aromatic carbocycles. The van der Waals surface area contributed by atoms with Gasteiger partial charge in [0.2, 0.25) is 0 Å². The van der Waals surface area contributed by atoms with Crippen molar-refractivity contribution in [3.63, 3.8) is 0 Å². The van der Waals surface area contributed by atoms with Crippen molar-refractivity contribution in [1.29, 1.82) is 0 Å².